The molecule has 0 unspecified atom stereocenters. The van der Waals surface area contributed by atoms with Gasteiger partial charge in [0, 0.05) is 16.5 Å². The van der Waals surface area contributed by atoms with Gasteiger partial charge in [-0.2, -0.15) is 0 Å². The van der Waals surface area contributed by atoms with Crippen molar-refractivity contribution in [2.24, 2.45) is 0 Å². The molecule has 3 nitrogen and oxygen atoms in total. The van der Waals surface area contributed by atoms with Gasteiger partial charge in [0.25, 0.3) is 0 Å². The molecule has 0 heterocycles. The van der Waals surface area contributed by atoms with Gasteiger partial charge in [-0.05, 0) is 48.0 Å². The van der Waals surface area contributed by atoms with Crippen LogP contribution in [0.15, 0.2) is 46.9 Å². The first kappa shape index (κ1) is 14.6. The number of Topliss-reactive ketones (excluding diaryl/α,β-unsaturated/α-hetero) is 1. The first-order valence-electron chi connectivity index (χ1n) is 6.13. The summed E-state index contributed by atoms with van der Waals surface area (Å²) >= 11 is 3.41. The molecule has 2 aromatic carbocycles. The Hall–Kier alpha value is -1.81. The topological polar surface area (TPSA) is 35.5 Å². The first-order valence-corrected chi connectivity index (χ1v) is 6.92. The molecular weight excluding hydrogens is 320 g/mol. The molecule has 0 radical (unpaired) electrons. The van der Waals surface area contributed by atoms with Crippen molar-refractivity contribution < 1.29 is 14.3 Å². The molecule has 0 aliphatic heterocycles. The molecule has 0 aliphatic rings. The second kappa shape index (κ2) is 6.57. The first-order chi connectivity index (χ1) is 9.62. The maximum atomic E-state index is 12.2. The number of rotatable bonds is 5. The number of methoxy groups -OCH3 is 2. The van der Waals surface area contributed by atoms with E-state index in [1.54, 1.807) is 38.5 Å². The lowest BCUT2D eigenvalue weighted by Crippen LogP contribution is -2.03. The number of benzene rings is 2. The van der Waals surface area contributed by atoms with Crippen LogP contribution in [-0.4, -0.2) is 20.0 Å². The minimum atomic E-state index is 0.0628. The molecule has 0 amide bonds. The highest BCUT2D eigenvalue weighted by Gasteiger charge is 2.09. The fraction of sp³-hybridized carbons (Fsp3) is 0.188. The van der Waals surface area contributed by atoms with E-state index >= 15 is 0 Å². The summed E-state index contributed by atoms with van der Waals surface area (Å²) in [6.07, 6.45) is 0.335. The van der Waals surface area contributed by atoms with E-state index in [1.807, 2.05) is 18.2 Å². The van der Waals surface area contributed by atoms with Crippen molar-refractivity contribution >= 4 is 21.7 Å². The van der Waals surface area contributed by atoms with Crippen LogP contribution < -0.4 is 9.47 Å². The van der Waals surface area contributed by atoms with Crippen molar-refractivity contribution in [3.63, 3.8) is 0 Å². The van der Waals surface area contributed by atoms with Crippen LogP contribution in [0.25, 0.3) is 0 Å². The molecule has 0 N–H and O–H groups in total. The van der Waals surface area contributed by atoms with Gasteiger partial charge in [0.1, 0.15) is 11.5 Å². The molecule has 20 heavy (non-hydrogen) atoms. The van der Waals surface area contributed by atoms with E-state index in [0.717, 1.165) is 21.5 Å². The third-order valence-corrected chi connectivity index (χ3v) is 3.40. The van der Waals surface area contributed by atoms with E-state index in [9.17, 15) is 4.79 Å². The summed E-state index contributed by atoms with van der Waals surface area (Å²) in [4.78, 5) is 12.2. The Labute approximate surface area is 126 Å². The summed E-state index contributed by atoms with van der Waals surface area (Å²) in [5.41, 5.74) is 1.58. The van der Waals surface area contributed by atoms with E-state index in [2.05, 4.69) is 15.9 Å². The van der Waals surface area contributed by atoms with Gasteiger partial charge in [-0.1, -0.05) is 15.9 Å². The molecule has 0 aliphatic carbocycles. The van der Waals surface area contributed by atoms with Crippen LogP contribution >= 0.6 is 15.9 Å². The van der Waals surface area contributed by atoms with Gasteiger partial charge < -0.3 is 9.47 Å². The molecule has 4 heteroatoms. The lowest BCUT2D eigenvalue weighted by atomic mass is 10.0. The SMILES string of the molecule is COc1ccc(C(=O)Cc2cc(Br)cc(OC)c2)cc1. The van der Waals surface area contributed by atoms with E-state index in [1.165, 1.54) is 0 Å². The molecule has 0 atom stereocenters. The number of ether oxygens (including phenoxy) is 2. The third kappa shape index (κ3) is 3.61. The van der Waals surface area contributed by atoms with Gasteiger partial charge in [0.2, 0.25) is 0 Å². The van der Waals surface area contributed by atoms with Gasteiger partial charge in [-0.3, -0.25) is 4.79 Å². The van der Waals surface area contributed by atoms with Crippen LogP contribution in [0.5, 0.6) is 11.5 Å². The van der Waals surface area contributed by atoms with E-state index < -0.39 is 0 Å². The zero-order valence-electron chi connectivity index (χ0n) is 11.4. The minimum absolute atomic E-state index is 0.0628. The number of carbonyl (C=O) groups excluding carboxylic acids is 1. The Morgan fingerprint density at radius 3 is 2.25 bits per heavy atom. The smallest absolute Gasteiger partial charge is 0.167 e. The minimum Gasteiger partial charge on any atom is -0.497 e. The Bertz CT molecular complexity index is 606. The van der Waals surface area contributed by atoms with Gasteiger partial charge in [-0.15, -0.1) is 0 Å². The van der Waals surface area contributed by atoms with Crippen LogP contribution in [0.2, 0.25) is 0 Å². The Balaban J connectivity index is 2.16. The lowest BCUT2D eigenvalue weighted by Gasteiger charge is -2.06. The summed E-state index contributed by atoms with van der Waals surface area (Å²) in [6, 6.07) is 12.8. The Morgan fingerprint density at radius 2 is 1.65 bits per heavy atom. The van der Waals surface area contributed by atoms with Gasteiger partial charge in [-0.25, -0.2) is 0 Å². The number of hydrogen-bond donors (Lipinski definition) is 0. The molecule has 0 aromatic heterocycles. The average Bonchev–Trinajstić information content (AvgIpc) is 2.46. The van der Waals surface area contributed by atoms with Crippen LogP contribution in [0, 0.1) is 0 Å². The number of hydrogen-bond acceptors (Lipinski definition) is 3. The monoisotopic (exact) mass is 334 g/mol. The zero-order valence-corrected chi connectivity index (χ0v) is 12.9. The third-order valence-electron chi connectivity index (χ3n) is 2.94. The van der Waals surface area contributed by atoms with Crippen LogP contribution in [-0.2, 0) is 6.42 Å². The molecule has 0 bridgehead atoms. The van der Waals surface area contributed by atoms with Gasteiger partial charge in [0.05, 0.1) is 14.2 Å². The standard InChI is InChI=1S/C16H15BrO3/c1-19-14-5-3-12(4-6-14)16(18)9-11-7-13(17)10-15(8-11)20-2/h3-8,10H,9H2,1-2H3. The van der Waals surface area contributed by atoms with Crippen molar-refractivity contribution in [2.75, 3.05) is 14.2 Å². The number of carbonyl (C=O) groups is 1. The number of halogens is 1. The Kier molecular flexibility index (Phi) is 4.79. The van der Waals surface area contributed by atoms with E-state index in [0.29, 0.717) is 12.0 Å². The fourth-order valence-corrected chi connectivity index (χ4v) is 2.42. The molecule has 2 rings (SSSR count). The molecule has 2 aromatic rings. The van der Waals surface area contributed by atoms with Crippen molar-refractivity contribution in [3.8, 4) is 11.5 Å². The lowest BCUT2D eigenvalue weighted by molar-refractivity contribution is 0.0993. The zero-order chi connectivity index (χ0) is 14.5. The number of ketones is 1. The normalized spacial score (nSPS) is 10.2. The quantitative estimate of drug-likeness (QED) is 0.778. The van der Waals surface area contributed by atoms with E-state index in [4.69, 9.17) is 9.47 Å². The second-order valence-corrected chi connectivity index (χ2v) is 5.24. The summed E-state index contributed by atoms with van der Waals surface area (Å²) in [7, 11) is 3.21. The van der Waals surface area contributed by atoms with Crippen molar-refractivity contribution in [2.45, 2.75) is 6.42 Å². The highest BCUT2D eigenvalue weighted by atomic mass is 79.9. The maximum Gasteiger partial charge on any atom is 0.167 e. The van der Waals surface area contributed by atoms with Crippen LogP contribution in [0.3, 0.4) is 0 Å². The predicted octanol–water partition coefficient (Wildman–Crippen LogP) is 3.89. The highest BCUT2D eigenvalue weighted by molar-refractivity contribution is 9.10. The molecule has 0 saturated carbocycles. The Morgan fingerprint density at radius 1 is 1.00 bits per heavy atom. The fourth-order valence-electron chi connectivity index (χ4n) is 1.91. The average molecular weight is 335 g/mol. The van der Waals surface area contributed by atoms with Crippen molar-refractivity contribution in [3.05, 3.63) is 58.1 Å². The highest BCUT2D eigenvalue weighted by Crippen LogP contribution is 2.22. The van der Waals surface area contributed by atoms with Crippen molar-refractivity contribution in [1.29, 1.82) is 0 Å². The summed E-state index contributed by atoms with van der Waals surface area (Å²) in [5, 5.41) is 0. The summed E-state index contributed by atoms with van der Waals surface area (Å²) in [5.74, 6) is 1.54. The maximum absolute atomic E-state index is 12.2. The largest absolute Gasteiger partial charge is 0.497 e. The molecule has 104 valence electrons. The second-order valence-electron chi connectivity index (χ2n) is 4.33. The van der Waals surface area contributed by atoms with Gasteiger partial charge >= 0.3 is 0 Å². The molecule has 0 fully saturated rings. The van der Waals surface area contributed by atoms with Crippen LogP contribution in [0.4, 0.5) is 0 Å². The van der Waals surface area contributed by atoms with Crippen LogP contribution in [0.1, 0.15) is 15.9 Å². The van der Waals surface area contributed by atoms with Crippen molar-refractivity contribution in [1.82, 2.24) is 0 Å². The summed E-state index contributed by atoms with van der Waals surface area (Å²) < 4.78 is 11.2. The summed E-state index contributed by atoms with van der Waals surface area (Å²) in [6.45, 7) is 0. The van der Waals surface area contributed by atoms with E-state index in [-0.39, 0.29) is 5.78 Å². The predicted molar refractivity (Wildman–Crippen MR) is 81.7 cm³/mol. The molecule has 0 saturated heterocycles. The molecular formula is C16H15BrO3. The van der Waals surface area contributed by atoms with Gasteiger partial charge in [0.15, 0.2) is 5.78 Å². The molecule has 0 spiro atoms.